The smallest absolute Gasteiger partial charge is 0.0312 e. The van der Waals surface area contributed by atoms with Gasteiger partial charge in [-0.15, -0.1) is 0 Å². The van der Waals surface area contributed by atoms with Crippen LogP contribution in [0.4, 0.5) is 0 Å². The van der Waals surface area contributed by atoms with E-state index in [-0.39, 0.29) is 0 Å². The first kappa shape index (κ1) is 10.1. The summed E-state index contributed by atoms with van der Waals surface area (Å²) in [7, 11) is 0. The van der Waals surface area contributed by atoms with Crippen molar-refractivity contribution in [2.24, 2.45) is 23.7 Å². The molecule has 0 aromatic carbocycles. The number of hydrogen-bond donors (Lipinski definition) is 0. The molecule has 0 N–H and O–H groups in total. The van der Waals surface area contributed by atoms with Crippen LogP contribution < -0.4 is 0 Å². The molecule has 0 radical (unpaired) electrons. The average Bonchev–Trinajstić information content (AvgIpc) is 2.90. The second-order valence-electron chi connectivity index (χ2n) is 4.31. The molecule has 0 heteroatoms. The molecule has 4 rings (SSSR count). The Bertz CT molecular complexity index is 77.0. The van der Waals surface area contributed by atoms with E-state index in [1.54, 1.807) is 0 Å². The molecule has 0 heterocycles. The Hall–Kier alpha value is 0. The topological polar surface area (TPSA) is 0 Å². The summed E-state index contributed by atoms with van der Waals surface area (Å²) in [6.45, 7) is 8.72. The molecule has 72 valence electrons. The van der Waals surface area contributed by atoms with Gasteiger partial charge >= 0.3 is 0 Å². The van der Waals surface area contributed by atoms with Crippen molar-refractivity contribution < 1.29 is 0 Å². The molecule has 0 atom stereocenters. The lowest BCUT2D eigenvalue weighted by Gasteiger charge is -1.68. The van der Waals surface area contributed by atoms with Crippen molar-refractivity contribution in [1.82, 2.24) is 0 Å². The van der Waals surface area contributed by atoms with Gasteiger partial charge in [0.15, 0.2) is 0 Å². The molecule has 0 spiro atoms. The molecule has 4 aliphatic rings. The lowest BCUT2D eigenvalue weighted by molar-refractivity contribution is 0.886. The van der Waals surface area contributed by atoms with Gasteiger partial charge < -0.3 is 0 Å². The Labute approximate surface area is 77.7 Å². The zero-order chi connectivity index (χ0) is 9.14. The molecule has 4 saturated carbocycles. The summed E-state index contributed by atoms with van der Waals surface area (Å²) in [5.41, 5.74) is 0. The fourth-order valence-electron chi connectivity index (χ4n) is 1.10. The van der Waals surface area contributed by atoms with E-state index in [1.807, 2.05) is 0 Å². The summed E-state index contributed by atoms with van der Waals surface area (Å²) in [5, 5.41) is 0. The zero-order valence-corrected chi connectivity index (χ0v) is 9.14. The number of unbranched alkanes of at least 4 members (excludes halogenated alkanes) is 2. The van der Waals surface area contributed by atoms with Gasteiger partial charge in [-0.1, -0.05) is 53.4 Å². The number of hydrogen-bond acceptors (Lipinski definition) is 0. The summed E-state index contributed by atoms with van der Waals surface area (Å²) < 4.78 is 0. The van der Waals surface area contributed by atoms with Crippen LogP contribution in [0.2, 0.25) is 0 Å². The SMILES string of the molecule is C12C3C1C23.CCCC.CCCC. The minimum atomic E-state index is 1.32. The summed E-state index contributed by atoms with van der Waals surface area (Å²) in [6.07, 6.45) is 5.28. The first-order valence-corrected chi connectivity index (χ1v) is 5.83. The second-order valence-corrected chi connectivity index (χ2v) is 4.31. The molecule has 0 unspecified atom stereocenters. The van der Waals surface area contributed by atoms with Gasteiger partial charge in [-0.2, -0.15) is 0 Å². The van der Waals surface area contributed by atoms with Gasteiger partial charge in [0, 0.05) is 0 Å². The summed E-state index contributed by atoms with van der Waals surface area (Å²) >= 11 is 0. The minimum absolute atomic E-state index is 1.32. The summed E-state index contributed by atoms with van der Waals surface area (Å²) in [6, 6.07) is 0. The molecule has 0 nitrogen and oxygen atoms in total. The van der Waals surface area contributed by atoms with E-state index in [4.69, 9.17) is 0 Å². The highest BCUT2D eigenvalue weighted by molar-refractivity contribution is 5.43. The molecular formula is C12H24. The van der Waals surface area contributed by atoms with Crippen LogP contribution in [0.1, 0.15) is 53.4 Å². The van der Waals surface area contributed by atoms with Crippen LogP contribution in [0, 0.1) is 23.7 Å². The standard InChI is InChI=1S/C4H4.2C4H10/c1-2-3(1)4(1)2;2*1-3-4-2/h1-4H;2*3-4H2,1-2H3. The summed E-state index contributed by atoms with van der Waals surface area (Å²) in [5.74, 6) is 5.33. The highest BCUT2D eigenvalue weighted by Crippen LogP contribution is 3.00. The van der Waals surface area contributed by atoms with Crippen molar-refractivity contribution in [1.29, 1.82) is 0 Å². The van der Waals surface area contributed by atoms with Gasteiger partial charge in [0.05, 0.1) is 0 Å². The quantitative estimate of drug-likeness (QED) is 0.582. The molecule has 0 aromatic rings. The maximum Gasteiger partial charge on any atom is -0.0312 e. The third-order valence-electron chi connectivity index (χ3n) is 3.10. The maximum atomic E-state index is 2.18. The van der Waals surface area contributed by atoms with E-state index in [0.29, 0.717) is 0 Å². The molecule has 0 saturated heterocycles. The molecule has 0 aromatic heterocycles. The number of rotatable bonds is 2. The largest absolute Gasteiger partial charge is 0.0654 e. The monoisotopic (exact) mass is 168 g/mol. The van der Waals surface area contributed by atoms with E-state index >= 15 is 0 Å². The van der Waals surface area contributed by atoms with Gasteiger partial charge in [-0.05, 0) is 23.7 Å². The third-order valence-corrected chi connectivity index (χ3v) is 3.10. The van der Waals surface area contributed by atoms with E-state index in [0.717, 1.165) is 0 Å². The van der Waals surface area contributed by atoms with Crippen molar-refractivity contribution in [2.75, 3.05) is 0 Å². The van der Waals surface area contributed by atoms with E-state index < -0.39 is 0 Å². The highest BCUT2D eigenvalue weighted by atomic mass is 15.0. The van der Waals surface area contributed by atoms with Crippen LogP contribution in [0.15, 0.2) is 0 Å². The molecule has 4 fully saturated rings. The van der Waals surface area contributed by atoms with E-state index in [9.17, 15) is 0 Å². The minimum Gasteiger partial charge on any atom is -0.0654 e. The molecule has 0 aliphatic heterocycles. The molecular weight excluding hydrogens is 144 g/mol. The molecule has 4 aliphatic carbocycles. The van der Waals surface area contributed by atoms with Crippen LogP contribution in [0.25, 0.3) is 0 Å². The van der Waals surface area contributed by atoms with E-state index in [2.05, 4.69) is 27.7 Å². The van der Waals surface area contributed by atoms with Crippen molar-refractivity contribution in [3.63, 3.8) is 0 Å². The van der Waals surface area contributed by atoms with Gasteiger partial charge in [0.2, 0.25) is 0 Å². The van der Waals surface area contributed by atoms with Gasteiger partial charge in [0.25, 0.3) is 0 Å². The molecule has 12 heavy (non-hydrogen) atoms. The van der Waals surface area contributed by atoms with Crippen molar-refractivity contribution in [2.45, 2.75) is 53.4 Å². The lowest BCUT2D eigenvalue weighted by Crippen LogP contribution is -1.47. The first-order valence-electron chi connectivity index (χ1n) is 5.83. The van der Waals surface area contributed by atoms with Crippen molar-refractivity contribution in [3.05, 3.63) is 0 Å². The maximum absolute atomic E-state index is 2.18. The van der Waals surface area contributed by atoms with Crippen LogP contribution >= 0.6 is 0 Å². The molecule has 0 amide bonds. The van der Waals surface area contributed by atoms with Crippen LogP contribution in [0.3, 0.4) is 0 Å². The predicted molar refractivity (Wildman–Crippen MR) is 55.1 cm³/mol. The Morgan fingerprint density at radius 3 is 0.667 bits per heavy atom. The van der Waals surface area contributed by atoms with Crippen LogP contribution in [-0.4, -0.2) is 0 Å². The predicted octanol–water partition coefficient (Wildman–Crippen LogP) is 4.10. The lowest BCUT2D eigenvalue weighted by atomic mass is 10.4. The van der Waals surface area contributed by atoms with E-state index in [1.165, 1.54) is 49.4 Å². The van der Waals surface area contributed by atoms with Crippen molar-refractivity contribution >= 4 is 0 Å². The third kappa shape index (κ3) is 2.50. The van der Waals surface area contributed by atoms with Crippen LogP contribution in [0.5, 0.6) is 0 Å². The normalized spacial score (nSPS) is 41.0. The summed E-state index contributed by atoms with van der Waals surface area (Å²) in [4.78, 5) is 0. The first-order chi connectivity index (χ1) is 5.83. The Morgan fingerprint density at radius 2 is 0.667 bits per heavy atom. The van der Waals surface area contributed by atoms with Crippen molar-refractivity contribution in [3.8, 4) is 0 Å². The fourth-order valence-corrected chi connectivity index (χ4v) is 1.10. The van der Waals surface area contributed by atoms with Gasteiger partial charge in [-0.25, -0.2) is 0 Å². The molecule has 0 bridgehead atoms. The fraction of sp³-hybridized carbons (Fsp3) is 1.00. The van der Waals surface area contributed by atoms with Gasteiger partial charge in [-0.3, -0.25) is 0 Å². The Morgan fingerprint density at radius 1 is 0.500 bits per heavy atom. The van der Waals surface area contributed by atoms with Crippen LogP contribution in [-0.2, 0) is 0 Å². The zero-order valence-electron chi connectivity index (χ0n) is 9.14. The second kappa shape index (κ2) is 4.30. The van der Waals surface area contributed by atoms with Gasteiger partial charge in [0.1, 0.15) is 0 Å². The Balaban J connectivity index is 0.0000000900. The highest BCUT2D eigenvalue weighted by Gasteiger charge is 2.97. The average molecular weight is 168 g/mol. The Kier molecular flexibility index (Phi) is 3.61.